The van der Waals surface area contributed by atoms with Gasteiger partial charge in [0.15, 0.2) is 0 Å². The van der Waals surface area contributed by atoms with E-state index in [1.54, 1.807) is 16.7 Å². The van der Waals surface area contributed by atoms with Gasteiger partial charge in [0, 0.05) is 17.8 Å². The summed E-state index contributed by atoms with van der Waals surface area (Å²) in [4.78, 5) is 43.5. The number of nitrogens with one attached hydrogen (secondary N) is 2. The van der Waals surface area contributed by atoms with E-state index in [9.17, 15) is 19.5 Å². The topological polar surface area (TPSA) is 98.7 Å². The molecule has 3 heterocycles. The van der Waals surface area contributed by atoms with E-state index in [1.165, 1.54) is 0 Å². The normalized spacial score (nSPS) is 31.9. The number of fused-ring (bicyclic) bond motifs is 1. The van der Waals surface area contributed by atoms with Crippen molar-refractivity contribution in [3.63, 3.8) is 0 Å². The lowest BCUT2D eigenvalue weighted by molar-refractivity contribution is -0.143. The molecule has 4 unspecified atom stereocenters. The van der Waals surface area contributed by atoms with Crippen LogP contribution in [0.4, 0.5) is 0 Å². The first-order valence-electron chi connectivity index (χ1n) is 13.9. The van der Waals surface area contributed by atoms with E-state index < -0.39 is 28.7 Å². The molecule has 204 valence electrons. The maximum atomic E-state index is 14.3. The second-order valence-corrected chi connectivity index (χ2v) is 13.2. The average Bonchev–Trinajstić information content (AvgIpc) is 3.45. The first-order valence-corrected chi connectivity index (χ1v) is 14.8. The summed E-state index contributed by atoms with van der Waals surface area (Å²) in [5, 5.41) is 16.7. The number of thioether (sulfide) groups is 1. The molecule has 8 atom stereocenters. The van der Waals surface area contributed by atoms with Crippen LogP contribution in [0.2, 0.25) is 0 Å². The number of aliphatic hydroxyl groups is 1. The number of amides is 3. The Balaban J connectivity index is 1.68. The summed E-state index contributed by atoms with van der Waals surface area (Å²) in [5.74, 6) is -1.11. The molecule has 37 heavy (non-hydrogen) atoms. The van der Waals surface area contributed by atoms with Gasteiger partial charge in [-0.1, -0.05) is 64.4 Å². The van der Waals surface area contributed by atoms with Gasteiger partial charge in [-0.05, 0) is 43.6 Å². The highest BCUT2D eigenvalue weighted by molar-refractivity contribution is 8.02. The molecule has 2 bridgehead atoms. The molecule has 1 aromatic carbocycles. The number of hydrogen-bond donors (Lipinski definition) is 3. The monoisotopic (exact) mass is 529 g/mol. The van der Waals surface area contributed by atoms with E-state index in [0.29, 0.717) is 13.0 Å². The first-order chi connectivity index (χ1) is 17.6. The summed E-state index contributed by atoms with van der Waals surface area (Å²) in [6.45, 7) is 10.5. The van der Waals surface area contributed by atoms with E-state index in [0.717, 1.165) is 24.8 Å². The lowest BCUT2D eigenvalue weighted by atomic mass is 9.65. The molecular weight excluding hydrogens is 486 g/mol. The second-order valence-electron chi connectivity index (χ2n) is 11.7. The molecule has 0 radical (unpaired) electrons. The van der Waals surface area contributed by atoms with Gasteiger partial charge in [0.05, 0.1) is 29.2 Å². The largest absolute Gasteiger partial charge is 0.394 e. The summed E-state index contributed by atoms with van der Waals surface area (Å²) >= 11 is 1.68. The van der Waals surface area contributed by atoms with E-state index in [4.69, 9.17) is 0 Å². The Labute approximate surface area is 225 Å². The van der Waals surface area contributed by atoms with Crippen molar-refractivity contribution in [3.05, 3.63) is 35.9 Å². The Morgan fingerprint density at radius 3 is 2.51 bits per heavy atom. The quantitative estimate of drug-likeness (QED) is 0.408. The van der Waals surface area contributed by atoms with Crippen molar-refractivity contribution in [3.8, 4) is 0 Å². The third kappa shape index (κ3) is 5.03. The fraction of sp³-hybridized carbons (Fsp3) is 0.690. The van der Waals surface area contributed by atoms with Crippen molar-refractivity contribution < 1.29 is 19.5 Å². The number of carbonyl (C=O) groups is 3. The van der Waals surface area contributed by atoms with Gasteiger partial charge in [-0.3, -0.25) is 14.4 Å². The van der Waals surface area contributed by atoms with Crippen molar-refractivity contribution in [1.82, 2.24) is 15.5 Å². The fourth-order valence-electron chi connectivity index (χ4n) is 7.00. The van der Waals surface area contributed by atoms with Crippen LogP contribution in [0, 0.1) is 23.7 Å². The van der Waals surface area contributed by atoms with Crippen molar-refractivity contribution in [1.29, 1.82) is 0 Å². The van der Waals surface area contributed by atoms with Gasteiger partial charge in [0.2, 0.25) is 17.7 Å². The van der Waals surface area contributed by atoms with E-state index >= 15 is 0 Å². The van der Waals surface area contributed by atoms with Crippen molar-refractivity contribution in [2.75, 3.05) is 6.61 Å². The zero-order chi connectivity index (χ0) is 26.9. The Morgan fingerprint density at radius 1 is 1.19 bits per heavy atom. The van der Waals surface area contributed by atoms with E-state index in [2.05, 4.69) is 38.3 Å². The maximum absolute atomic E-state index is 14.3. The molecule has 1 spiro atoms. The highest BCUT2D eigenvalue weighted by atomic mass is 32.2. The minimum absolute atomic E-state index is 0.00270. The summed E-state index contributed by atoms with van der Waals surface area (Å²) < 4.78 is -0.670. The molecule has 3 aliphatic heterocycles. The molecule has 1 aromatic rings. The molecule has 4 rings (SSSR count). The van der Waals surface area contributed by atoms with Crippen LogP contribution in [0.1, 0.15) is 65.9 Å². The molecule has 7 nitrogen and oxygen atoms in total. The third-order valence-corrected chi connectivity index (χ3v) is 10.6. The summed E-state index contributed by atoms with van der Waals surface area (Å²) in [6.07, 6.45) is 3.21. The Morgan fingerprint density at radius 2 is 1.89 bits per heavy atom. The second kappa shape index (κ2) is 11.4. The molecule has 3 aliphatic rings. The number of rotatable bonds is 11. The van der Waals surface area contributed by atoms with Gasteiger partial charge in [-0.25, -0.2) is 0 Å². The molecular formula is C29H43N3O4S. The van der Waals surface area contributed by atoms with Crippen LogP contribution >= 0.6 is 11.8 Å². The van der Waals surface area contributed by atoms with Crippen molar-refractivity contribution in [2.45, 2.75) is 95.0 Å². The lowest BCUT2D eigenvalue weighted by Gasteiger charge is -2.40. The predicted octanol–water partition coefficient (Wildman–Crippen LogP) is 3.35. The summed E-state index contributed by atoms with van der Waals surface area (Å²) in [7, 11) is 0. The Bertz CT molecular complexity index is 989. The Kier molecular flexibility index (Phi) is 8.58. The molecule has 3 fully saturated rings. The van der Waals surface area contributed by atoms with Gasteiger partial charge in [0.25, 0.3) is 0 Å². The third-order valence-electron chi connectivity index (χ3n) is 8.50. The van der Waals surface area contributed by atoms with Crippen molar-refractivity contribution in [2.24, 2.45) is 23.7 Å². The number of aliphatic hydroxyl groups excluding tert-OH is 1. The van der Waals surface area contributed by atoms with Crippen molar-refractivity contribution >= 4 is 29.5 Å². The summed E-state index contributed by atoms with van der Waals surface area (Å²) in [5.41, 5.74) is 1.01. The average molecular weight is 530 g/mol. The van der Waals surface area contributed by atoms with Gasteiger partial charge >= 0.3 is 0 Å². The molecule has 3 saturated heterocycles. The van der Waals surface area contributed by atoms with Crippen LogP contribution in [0.25, 0.3) is 0 Å². The highest BCUT2D eigenvalue weighted by Gasteiger charge is 2.76. The van der Waals surface area contributed by atoms with Gasteiger partial charge in [-0.2, -0.15) is 0 Å². The van der Waals surface area contributed by atoms with Crippen LogP contribution in [-0.2, 0) is 20.9 Å². The number of nitrogens with zero attached hydrogens (tertiary/aromatic N) is 1. The molecule has 0 aliphatic carbocycles. The maximum Gasteiger partial charge on any atom is 0.244 e. The number of carbonyl (C=O) groups excluding carboxylic acids is 3. The minimum Gasteiger partial charge on any atom is -0.394 e. The first kappa shape index (κ1) is 28.0. The Hall–Kier alpha value is -2.06. The van der Waals surface area contributed by atoms with Crippen LogP contribution in [0.5, 0.6) is 0 Å². The van der Waals surface area contributed by atoms with E-state index in [1.807, 2.05) is 37.3 Å². The van der Waals surface area contributed by atoms with Crippen LogP contribution in [-0.4, -0.2) is 62.5 Å². The van der Waals surface area contributed by atoms with Crippen LogP contribution in [0.3, 0.4) is 0 Å². The highest BCUT2D eigenvalue weighted by Crippen LogP contribution is 2.68. The van der Waals surface area contributed by atoms with Gasteiger partial charge in [0.1, 0.15) is 6.04 Å². The predicted molar refractivity (Wildman–Crippen MR) is 147 cm³/mol. The SMILES string of the molecule is CCCC(C)NC(=O)C1N([C@@H](CO)CC(C)C)C(=O)[C@@H]2[C@H](C(=O)NCc3ccccc3)[C@@H]3CC(C)C12S3. The van der Waals surface area contributed by atoms with Gasteiger partial charge < -0.3 is 20.6 Å². The molecule has 8 heteroatoms. The number of hydrogen-bond acceptors (Lipinski definition) is 5. The van der Waals surface area contributed by atoms with Crippen LogP contribution < -0.4 is 10.6 Å². The standard InChI is InChI=1S/C29H43N3O4S/c1-6-10-19(5)31-27(35)25-29-18(4)14-22(37-29)23(26(34)30-15-20-11-8-7-9-12-20)24(29)28(36)32(25)21(16-33)13-17(2)3/h7-9,11-12,17-19,21-25,33H,6,10,13-16H2,1-5H3,(H,30,34)(H,31,35)/t18?,19?,21-,22+,23-,24+,25?,29?/m1/s1. The lowest BCUT2D eigenvalue weighted by Crippen LogP contribution is -2.59. The number of benzene rings is 1. The number of likely N-dealkylation sites (tertiary alicyclic amines) is 1. The summed E-state index contributed by atoms with van der Waals surface area (Å²) in [6, 6.07) is 8.60. The molecule has 0 aromatic heterocycles. The van der Waals surface area contributed by atoms with E-state index in [-0.39, 0.29) is 47.5 Å². The smallest absolute Gasteiger partial charge is 0.244 e. The fourth-order valence-corrected chi connectivity index (χ4v) is 9.41. The molecule has 3 amide bonds. The van der Waals surface area contributed by atoms with Crippen LogP contribution in [0.15, 0.2) is 30.3 Å². The zero-order valence-electron chi connectivity index (χ0n) is 22.8. The van der Waals surface area contributed by atoms with Gasteiger partial charge in [-0.15, -0.1) is 11.8 Å². The molecule has 3 N–H and O–H groups in total. The molecule has 0 saturated carbocycles. The zero-order valence-corrected chi connectivity index (χ0v) is 23.6. The minimum atomic E-state index is -0.697.